The molecule has 1 aromatic heterocycles. The van der Waals surface area contributed by atoms with Gasteiger partial charge in [0.05, 0.1) is 5.02 Å². The topological polar surface area (TPSA) is 58.6 Å². The molecular formula is C20H22ClFN4O2. The standard InChI is InChI=1S/C20H22ClFN4O2/c21-16-11-15(1-2-17(16)22)25-5-7-26(8-6-25)20(27)19-12-18(23-13-24-19)14-3-9-28-10-4-14/h1-2,11-14H,3-10H2. The van der Waals surface area contributed by atoms with Gasteiger partial charge in [-0.15, -0.1) is 0 Å². The fraction of sp³-hybridized carbons (Fsp3) is 0.450. The second-order valence-corrected chi connectivity index (χ2v) is 7.50. The number of rotatable bonds is 3. The fourth-order valence-corrected chi connectivity index (χ4v) is 3.89. The fourth-order valence-electron chi connectivity index (χ4n) is 3.72. The molecule has 0 unspecified atom stereocenters. The molecule has 2 aliphatic rings. The molecule has 8 heteroatoms. The first-order valence-electron chi connectivity index (χ1n) is 9.51. The van der Waals surface area contributed by atoms with Crippen LogP contribution in [0.1, 0.15) is 34.9 Å². The van der Waals surface area contributed by atoms with Crippen molar-refractivity contribution in [3.05, 3.63) is 52.8 Å². The van der Waals surface area contributed by atoms with Crippen molar-refractivity contribution in [2.75, 3.05) is 44.3 Å². The van der Waals surface area contributed by atoms with Gasteiger partial charge in [-0.05, 0) is 37.1 Å². The number of piperazine rings is 1. The molecule has 0 saturated carbocycles. The van der Waals surface area contributed by atoms with Crippen molar-refractivity contribution in [3.8, 4) is 0 Å². The van der Waals surface area contributed by atoms with Gasteiger partial charge >= 0.3 is 0 Å². The molecule has 2 fully saturated rings. The number of hydrogen-bond acceptors (Lipinski definition) is 5. The van der Waals surface area contributed by atoms with E-state index in [0.29, 0.717) is 37.8 Å². The Morgan fingerprint density at radius 3 is 2.57 bits per heavy atom. The van der Waals surface area contributed by atoms with Gasteiger partial charge in [-0.1, -0.05) is 11.6 Å². The number of nitrogens with zero attached hydrogens (tertiary/aromatic N) is 4. The Kier molecular flexibility index (Phi) is 5.73. The number of aromatic nitrogens is 2. The van der Waals surface area contributed by atoms with E-state index in [1.165, 1.54) is 12.4 Å². The summed E-state index contributed by atoms with van der Waals surface area (Å²) in [7, 11) is 0. The third-order valence-electron chi connectivity index (χ3n) is 5.38. The Bertz CT molecular complexity index is 852. The van der Waals surface area contributed by atoms with Gasteiger partial charge < -0.3 is 14.5 Å². The van der Waals surface area contributed by atoms with E-state index in [1.54, 1.807) is 17.0 Å². The summed E-state index contributed by atoms with van der Waals surface area (Å²) in [5.74, 6) is -0.181. The van der Waals surface area contributed by atoms with Crippen LogP contribution in [0.25, 0.3) is 0 Å². The Labute approximate surface area is 168 Å². The van der Waals surface area contributed by atoms with Crippen molar-refractivity contribution in [3.63, 3.8) is 0 Å². The van der Waals surface area contributed by atoms with Crippen LogP contribution >= 0.6 is 11.6 Å². The van der Waals surface area contributed by atoms with Crippen molar-refractivity contribution in [1.82, 2.24) is 14.9 Å². The Balaban J connectivity index is 1.40. The summed E-state index contributed by atoms with van der Waals surface area (Å²) in [6, 6.07) is 6.53. The molecule has 2 aromatic rings. The van der Waals surface area contributed by atoms with E-state index in [2.05, 4.69) is 14.9 Å². The van der Waals surface area contributed by atoms with Crippen molar-refractivity contribution in [1.29, 1.82) is 0 Å². The SMILES string of the molecule is O=C(c1cc(C2CCOCC2)ncn1)N1CCN(c2ccc(F)c(Cl)c2)CC1. The second-order valence-electron chi connectivity index (χ2n) is 7.09. The normalized spacial score (nSPS) is 18.4. The molecule has 0 atom stereocenters. The summed E-state index contributed by atoms with van der Waals surface area (Å²) in [5.41, 5.74) is 2.22. The largest absolute Gasteiger partial charge is 0.381 e. The van der Waals surface area contributed by atoms with Crippen LogP contribution in [0, 0.1) is 5.82 Å². The summed E-state index contributed by atoms with van der Waals surface area (Å²) < 4.78 is 18.8. The molecule has 28 heavy (non-hydrogen) atoms. The lowest BCUT2D eigenvalue weighted by molar-refractivity contribution is 0.0739. The average molecular weight is 405 g/mol. The van der Waals surface area contributed by atoms with E-state index >= 15 is 0 Å². The first kappa shape index (κ1) is 19.1. The molecule has 3 heterocycles. The van der Waals surface area contributed by atoms with E-state index in [9.17, 15) is 9.18 Å². The number of halogens is 2. The lowest BCUT2D eigenvalue weighted by Crippen LogP contribution is -2.49. The average Bonchev–Trinajstić information content (AvgIpc) is 2.76. The van der Waals surface area contributed by atoms with Gasteiger partial charge in [0.25, 0.3) is 5.91 Å². The van der Waals surface area contributed by atoms with Crippen molar-refractivity contribution >= 4 is 23.2 Å². The van der Waals surface area contributed by atoms with Crippen LogP contribution in [0.3, 0.4) is 0 Å². The third-order valence-corrected chi connectivity index (χ3v) is 5.67. The highest BCUT2D eigenvalue weighted by molar-refractivity contribution is 6.31. The van der Waals surface area contributed by atoms with Crippen molar-refractivity contribution in [2.45, 2.75) is 18.8 Å². The number of carbonyl (C=O) groups is 1. The Hall–Kier alpha value is -2.25. The third kappa shape index (κ3) is 4.10. The lowest BCUT2D eigenvalue weighted by atomic mass is 9.96. The van der Waals surface area contributed by atoms with Crippen molar-refractivity contribution < 1.29 is 13.9 Å². The molecule has 1 amide bonds. The lowest BCUT2D eigenvalue weighted by Gasteiger charge is -2.36. The van der Waals surface area contributed by atoms with Crippen molar-refractivity contribution in [2.24, 2.45) is 0 Å². The van der Waals surface area contributed by atoms with Gasteiger partial charge in [0.2, 0.25) is 0 Å². The molecule has 0 bridgehead atoms. The summed E-state index contributed by atoms with van der Waals surface area (Å²) in [5, 5.41) is 0.109. The summed E-state index contributed by atoms with van der Waals surface area (Å²) in [4.78, 5) is 25.4. The van der Waals surface area contributed by atoms with Gasteiger partial charge in [0.1, 0.15) is 17.8 Å². The maximum atomic E-state index is 13.4. The van der Waals surface area contributed by atoms with Gasteiger partial charge in [-0.3, -0.25) is 4.79 Å². The number of amides is 1. The van der Waals surface area contributed by atoms with E-state index < -0.39 is 5.82 Å². The van der Waals surface area contributed by atoms with Gasteiger partial charge in [0.15, 0.2) is 0 Å². The van der Waals surface area contributed by atoms with E-state index in [0.717, 1.165) is 37.4 Å². The van der Waals surface area contributed by atoms with Gasteiger partial charge in [0, 0.05) is 56.7 Å². The van der Waals surface area contributed by atoms with Crippen LogP contribution in [-0.4, -0.2) is 60.2 Å². The molecule has 2 aliphatic heterocycles. The summed E-state index contributed by atoms with van der Waals surface area (Å²) in [6.45, 7) is 3.92. The maximum absolute atomic E-state index is 13.4. The minimum absolute atomic E-state index is 0.0764. The van der Waals surface area contributed by atoms with E-state index in [4.69, 9.17) is 16.3 Å². The zero-order valence-corrected chi connectivity index (χ0v) is 16.2. The molecule has 0 N–H and O–H groups in total. The van der Waals surface area contributed by atoms with Crippen LogP contribution in [0.2, 0.25) is 5.02 Å². The van der Waals surface area contributed by atoms with Gasteiger partial charge in [-0.25, -0.2) is 14.4 Å². The maximum Gasteiger partial charge on any atom is 0.272 e. The first-order chi connectivity index (χ1) is 13.6. The zero-order chi connectivity index (χ0) is 19.5. The highest BCUT2D eigenvalue weighted by Gasteiger charge is 2.25. The molecule has 4 rings (SSSR count). The molecule has 6 nitrogen and oxygen atoms in total. The first-order valence-corrected chi connectivity index (χ1v) is 9.88. The Morgan fingerprint density at radius 2 is 1.86 bits per heavy atom. The van der Waals surface area contributed by atoms with E-state index in [-0.39, 0.29) is 10.9 Å². The second kappa shape index (κ2) is 8.41. The number of hydrogen-bond donors (Lipinski definition) is 0. The van der Waals surface area contributed by atoms with Gasteiger partial charge in [-0.2, -0.15) is 0 Å². The number of anilines is 1. The van der Waals surface area contributed by atoms with Crippen LogP contribution in [0.4, 0.5) is 10.1 Å². The van der Waals surface area contributed by atoms with E-state index in [1.807, 2.05) is 6.07 Å². The number of benzene rings is 1. The van der Waals surface area contributed by atoms with Crippen LogP contribution in [-0.2, 0) is 4.74 Å². The smallest absolute Gasteiger partial charge is 0.272 e. The summed E-state index contributed by atoms with van der Waals surface area (Å²) in [6.07, 6.45) is 3.32. The highest BCUT2D eigenvalue weighted by atomic mass is 35.5. The summed E-state index contributed by atoms with van der Waals surface area (Å²) >= 11 is 5.88. The minimum Gasteiger partial charge on any atom is -0.381 e. The zero-order valence-electron chi connectivity index (χ0n) is 15.5. The molecular weight excluding hydrogens is 383 g/mol. The quantitative estimate of drug-likeness (QED) is 0.786. The molecule has 0 spiro atoms. The predicted molar refractivity (Wildman–Crippen MR) is 104 cm³/mol. The Morgan fingerprint density at radius 1 is 1.11 bits per heavy atom. The molecule has 148 valence electrons. The molecule has 0 aliphatic carbocycles. The molecule has 2 saturated heterocycles. The minimum atomic E-state index is -0.427. The predicted octanol–water partition coefficient (Wildman–Crippen LogP) is 3.13. The molecule has 0 radical (unpaired) electrons. The van der Waals surface area contributed by atoms with Crippen LogP contribution in [0.15, 0.2) is 30.6 Å². The number of ether oxygens (including phenoxy) is 1. The van der Waals surface area contributed by atoms with Crippen LogP contribution < -0.4 is 4.90 Å². The van der Waals surface area contributed by atoms with Crippen LogP contribution in [0.5, 0.6) is 0 Å². The molecule has 1 aromatic carbocycles. The highest BCUT2D eigenvalue weighted by Crippen LogP contribution is 2.26. The monoisotopic (exact) mass is 404 g/mol. The number of carbonyl (C=O) groups excluding carboxylic acids is 1.